The van der Waals surface area contributed by atoms with Gasteiger partial charge in [-0.3, -0.25) is 4.57 Å². The van der Waals surface area contributed by atoms with Crippen LogP contribution in [0.5, 0.6) is 0 Å². The predicted molar refractivity (Wildman–Crippen MR) is 110 cm³/mol. The molecule has 7 heteroatoms. The number of nitrogens with zero attached hydrogens (tertiary/aromatic N) is 1. The van der Waals surface area contributed by atoms with Crippen molar-refractivity contribution in [3.63, 3.8) is 0 Å². The van der Waals surface area contributed by atoms with Crippen LogP contribution in [0, 0.1) is 17.2 Å². The fourth-order valence-corrected chi connectivity index (χ4v) is 5.66. The molecule has 1 fully saturated rings. The number of hydrogen-bond acceptors (Lipinski definition) is 4. The van der Waals surface area contributed by atoms with Crippen LogP contribution in [0.3, 0.4) is 0 Å². The summed E-state index contributed by atoms with van der Waals surface area (Å²) in [6.07, 6.45) is 5.02. The standard InChI is InChI=1S/C19H29N2O3P.BrH/c1-15(18-9-5-8-17(10-18)11-20)21-12-19(22)14-25(23,24)13-16-6-3-2-4-7-16;/h5,8-10,15-16,19,21-22H,2-4,6-7,12-14H2,1H3,(H,23,24);1H/t15-,19+;/m1./s1. The fraction of sp³-hybridized carbons (Fsp3) is 0.632. The number of benzene rings is 1. The molecular weight excluding hydrogens is 415 g/mol. The van der Waals surface area contributed by atoms with E-state index in [9.17, 15) is 14.6 Å². The van der Waals surface area contributed by atoms with Crippen LogP contribution in [-0.4, -0.2) is 35.0 Å². The maximum atomic E-state index is 12.4. The minimum atomic E-state index is -3.29. The van der Waals surface area contributed by atoms with Crippen molar-refractivity contribution in [1.29, 1.82) is 5.26 Å². The SMILES string of the molecule is Br.C[C@@H](NC[C@H](O)CP(=O)(O)CC1CCCCC1)c1cccc(C#N)c1. The molecule has 0 saturated heterocycles. The van der Waals surface area contributed by atoms with Gasteiger partial charge in [0.1, 0.15) is 0 Å². The molecule has 0 heterocycles. The van der Waals surface area contributed by atoms with Crippen LogP contribution in [0.1, 0.15) is 56.2 Å². The van der Waals surface area contributed by atoms with Crippen molar-refractivity contribution in [3.05, 3.63) is 35.4 Å². The molecule has 0 spiro atoms. The lowest BCUT2D eigenvalue weighted by molar-refractivity contribution is 0.186. The quantitative estimate of drug-likeness (QED) is 0.526. The summed E-state index contributed by atoms with van der Waals surface area (Å²) in [4.78, 5) is 10.2. The highest BCUT2D eigenvalue weighted by atomic mass is 79.9. The smallest absolute Gasteiger partial charge is 0.203 e. The Labute approximate surface area is 167 Å². The first-order chi connectivity index (χ1) is 11.9. The summed E-state index contributed by atoms with van der Waals surface area (Å²) in [5.41, 5.74) is 1.56. The Bertz CT molecular complexity index is 644. The first-order valence-electron chi connectivity index (χ1n) is 9.12. The van der Waals surface area contributed by atoms with E-state index in [4.69, 9.17) is 5.26 Å². The van der Waals surface area contributed by atoms with Crippen molar-refractivity contribution >= 4 is 24.4 Å². The number of aliphatic hydroxyl groups is 1. The summed E-state index contributed by atoms with van der Waals surface area (Å²) in [5, 5.41) is 22.3. The number of hydrogen-bond donors (Lipinski definition) is 3. The molecule has 1 aromatic carbocycles. The zero-order valence-electron chi connectivity index (χ0n) is 15.3. The van der Waals surface area contributed by atoms with Crippen LogP contribution in [0.4, 0.5) is 0 Å². The molecular formula is C19H30BrN2O3P. The van der Waals surface area contributed by atoms with Crippen molar-refractivity contribution in [2.75, 3.05) is 18.9 Å². The largest absolute Gasteiger partial charge is 0.391 e. The maximum Gasteiger partial charge on any atom is 0.203 e. The molecule has 1 unspecified atom stereocenters. The Kier molecular flexibility index (Phi) is 10.1. The van der Waals surface area contributed by atoms with Crippen molar-refractivity contribution in [1.82, 2.24) is 5.32 Å². The van der Waals surface area contributed by atoms with E-state index in [1.54, 1.807) is 6.07 Å². The molecule has 0 aromatic heterocycles. The van der Waals surface area contributed by atoms with Crippen LogP contribution in [0.2, 0.25) is 0 Å². The van der Waals surface area contributed by atoms with Gasteiger partial charge in [-0.05, 0) is 43.4 Å². The van der Waals surface area contributed by atoms with E-state index in [2.05, 4.69) is 11.4 Å². The molecule has 1 aliphatic rings. The minimum Gasteiger partial charge on any atom is -0.391 e. The second-order valence-electron chi connectivity index (χ2n) is 7.24. The lowest BCUT2D eigenvalue weighted by Crippen LogP contribution is -2.32. The Morgan fingerprint density at radius 1 is 1.35 bits per heavy atom. The van der Waals surface area contributed by atoms with Gasteiger partial charge >= 0.3 is 0 Å². The first kappa shape index (κ1) is 23.3. The highest BCUT2D eigenvalue weighted by Crippen LogP contribution is 2.45. The lowest BCUT2D eigenvalue weighted by atomic mass is 9.91. The molecule has 5 nitrogen and oxygen atoms in total. The van der Waals surface area contributed by atoms with Crippen molar-refractivity contribution < 1.29 is 14.6 Å². The molecule has 26 heavy (non-hydrogen) atoms. The Morgan fingerprint density at radius 2 is 2.04 bits per heavy atom. The van der Waals surface area contributed by atoms with Crippen LogP contribution in [0.25, 0.3) is 0 Å². The van der Waals surface area contributed by atoms with Gasteiger partial charge in [-0.2, -0.15) is 5.26 Å². The summed E-state index contributed by atoms with van der Waals surface area (Å²) in [7, 11) is -3.29. The van der Waals surface area contributed by atoms with E-state index < -0.39 is 13.5 Å². The molecule has 3 N–H and O–H groups in total. The zero-order valence-corrected chi connectivity index (χ0v) is 17.9. The summed E-state index contributed by atoms with van der Waals surface area (Å²) in [5.74, 6) is 0.331. The second kappa shape index (κ2) is 11.2. The third-order valence-electron chi connectivity index (χ3n) is 4.94. The molecule has 1 aromatic rings. The number of rotatable bonds is 8. The van der Waals surface area contributed by atoms with E-state index in [0.717, 1.165) is 31.2 Å². The Morgan fingerprint density at radius 3 is 2.69 bits per heavy atom. The van der Waals surface area contributed by atoms with Crippen LogP contribution >= 0.6 is 24.4 Å². The summed E-state index contributed by atoms with van der Waals surface area (Å²) < 4.78 is 12.4. The highest BCUT2D eigenvalue weighted by molar-refractivity contribution is 8.93. The molecule has 2 rings (SSSR count). The molecule has 0 radical (unpaired) electrons. The minimum absolute atomic E-state index is 0. The van der Waals surface area contributed by atoms with Gasteiger partial charge in [0.15, 0.2) is 0 Å². The van der Waals surface area contributed by atoms with E-state index in [-0.39, 0.29) is 35.7 Å². The van der Waals surface area contributed by atoms with Gasteiger partial charge in [-0.15, -0.1) is 17.0 Å². The summed E-state index contributed by atoms with van der Waals surface area (Å²) >= 11 is 0. The van der Waals surface area contributed by atoms with E-state index in [1.807, 2.05) is 25.1 Å². The van der Waals surface area contributed by atoms with Crippen LogP contribution in [0.15, 0.2) is 24.3 Å². The van der Waals surface area contributed by atoms with Gasteiger partial charge in [0.05, 0.1) is 23.9 Å². The summed E-state index contributed by atoms with van der Waals surface area (Å²) in [6.45, 7) is 2.21. The number of nitriles is 1. The number of nitrogens with one attached hydrogen (secondary N) is 1. The molecule has 0 bridgehead atoms. The molecule has 3 atom stereocenters. The number of halogens is 1. The monoisotopic (exact) mass is 444 g/mol. The highest BCUT2D eigenvalue weighted by Gasteiger charge is 2.28. The fourth-order valence-electron chi connectivity index (χ4n) is 3.55. The van der Waals surface area contributed by atoms with Gasteiger partial charge in [-0.1, -0.05) is 31.4 Å². The van der Waals surface area contributed by atoms with Gasteiger partial charge in [-0.25, -0.2) is 0 Å². The normalized spacial score (nSPS) is 19.6. The Balaban J connectivity index is 0.00000338. The maximum absolute atomic E-state index is 12.4. The van der Waals surface area contributed by atoms with Crippen molar-refractivity contribution in [2.45, 2.75) is 51.2 Å². The molecule has 0 amide bonds. The van der Waals surface area contributed by atoms with E-state index in [0.29, 0.717) is 17.6 Å². The molecule has 146 valence electrons. The van der Waals surface area contributed by atoms with Crippen molar-refractivity contribution in [3.8, 4) is 6.07 Å². The average molecular weight is 445 g/mol. The van der Waals surface area contributed by atoms with E-state index >= 15 is 0 Å². The third-order valence-corrected chi connectivity index (χ3v) is 7.02. The number of aliphatic hydroxyl groups excluding tert-OH is 1. The predicted octanol–water partition coefficient (Wildman–Crippen LogP) is 4.00. The average Bonchev–Trinajstić information content (AvgIpc) is 2.59. The van der Waals surface area contributed by atoms with E-state index in [1.165, 1.54) is 6.42 Å². The second-order valence-corrected chi connectivity index (χ2v) is 9.66. The molecule has 0 aliphatic heterocycles. The van der Waals surface area contributed by atoms with Gasteiger partial charge in [0.25, 0.3) is 0 Å². The molecule has 1 aliphatic carbocycles. The van der Waals surface area contributed by atoms with Crippen LogP contribution in [-0.2, 0) is 4.57 Å². The summed E-state index contributed by atoms with van der Waals surface area (Å²) in [6, 6.07) is 9.37. The Hall–Kier alpha value is -0.700. The third kappa shape index (κ3) is 7.90. The molecule has 1 saturated carbocycles. The van der Waals surface area contributed by atoms with Gasteiger partial charge < -0.3 is 15.3 Å². The topological polar surface area (TPSA) is 93.3 Å². The lowest BCUT2D eigenvalue weighted by Gasteiger charge is -2.25. The van der Waals surface area contributed by atoms with Gasteiger partial charge in [0, 0.05) is 18.7 Å². The van der Waals surface area contributed by atoms with Crippen LogP contribution < -0.4 is 5.32 Å². The zero-order chi connectivity index (χ0) is 18.3. The first-order valence-corrected chi connectivity index (χ1v) is 11.1. The van der Waals surface area contributed by atoms with Crippen molar-refractivity contribution in [2.24, 2.45) is 5.92 Å². The van der Waals surface area contributed by atoms with Gasteiger partial charge in [0.2, 0.25) is 7.37 Å².